The normalized spacial score (nSPS) is 11.1. The molecule has 0 saturated carbocycles. The van der Waals surface area contributed by atoms with Crippen LogP contribution in [0, 0.1) is 19.7 Å². The Labute approximate surface area is 511 Å². The minimum Gasteiger partial charge on any atom is -0.497 e. The second kappa shape index (κ2) is 30.0. The first-order valence-electron chi connectivity index (χ1n) is 27.3. The third kappa shape index (κ3) is 18.1. The maximum atomic E-state index is 13.7. The summed E-state index contributed by atoms with van der Waals surface area (Å²) in [5.41, 5.74) is 8.94. The van der Waals surface area contributed by atoms with Crippen molar-refractivity contribution in [1.29, 1.82) is 0 Å². The molecule has 88 heavy (non-hydrogen) atoms. The summed E-state index contributed by atoms with van der Waals surface area (Å²) < 4.78 is 107. The Morgan fingerprint density at radius 2 is 0.761 bits per heavy atom. The van der Waals surface area contributed by atoms with Gasteiger partial charge in [0, 0.05) is 23.1 Å². The van der Waals surface area contributed by atoms with Crippen molar-refractivity contribution in [2.45, 2.75) is 67.1 Å². The molecule has 0 aliphatic heterocycles. The lowest BCUT2D eigenvalue weighted by molar-refractivity contribution is 0.0684. The maximum absolute atomic E-state index is 13.7. The number of carbonyl (C=O) groups is 3. The largest absolute Gasteiger partial charge is 0.497 e. The van der Waals surface area contributed by atoms with Crippen molar-refractivity contribution in [3.05, 3.63) is 273 Å². The number of halogens is 1. The van der Waals surface area contributed by atoms with Crippen LogP contribution < -0.4 is 23.6 Å². The number of carboxylic acid groups (broad SMARTS) is 3. The first kappa shape index (κ1) is 65.7. The van der Waals surface area contributed by atoms with Crippen LogP contribution in [0.5, 0.6) is 11.5 Å². The predicted octanol–water partition coefficient (Wildman–Crippen LogP) is 12.7. The molecule has 0 bridgehead atoms. The number of anilines is 3. The van der Waals surface area contributed by atoms with Gasteiger partial charge in [0.15, 0.2) is 0 Å². The van der Waals surface area contributed by atoms with Gasteiger partial charge in [-0.05, 0) is 176 Å². The van der Waals surface area contributed by atoms with E-state index in [2.05, 4.69) is 14.2 Å². The van der Waals surface area contributed by atoms with Gasteiger partial charge < -0.3 is 24.8 Å². The lowest BCUT2D eigenvalue weighted by Gasteiger charge is -2.13. The maximum Gasteiger partial charge on any atom is 0.335 e. The summed E-state index contributed by atoms with van der Waals surface area (Å²) in [5.74, 6) is -3.05. The first-order chi connectivity index (χ1) is 42.0. The molecule has 9 aromatic carbocycles. The van der Waals surface area contributed by atoms with Gasteiger partial charge in [-0.3, -0.25) is 14.2 Å². The molecule has 0 spiro atoms. The molecule has 9 aromatic rings. The van der Waals surface area contributed by atoms with Crippen molar-refractivity contribution in [2.24, 2.45) is 0 Å². The fourth-order valence-corrected chi connectivity index (χ4v) is 13.0. The minimum absolute atomic E-state index is 0.0243. The number of sulfonamides is 3. The van der Waals surface area contributed by atoms with Gasteiger partial charge in [0.2, 0.25) is 0 Å². The Hall–Kier alpha value is -9.83. The average molecular weight is 1250 g/mol. The van der Waals surface area contributed by atoms with Gasteiger partial charge in [-0.1, -0.05) is 121 Å². The van der Waals surface area contributed by atoms with Crippen molar-refractivity contribution in [3.63, 3.8) is 0 Å². The van der Waals surface area contributed by atoms with Gasteiger partial charge >= 0.3 is 17.9 Å². The van der Waals surface area contributed by atoms with Crippen LogP contribution >= 0.6 is 0 Å². The number of hydrogen-bond donors (Lipinski definition) is 6. The molecule has 21 heteroatoms. The SMILES string of the molecule is COc1ccc(OC)c(S(=O)(=O)Nc2ccc(CCc3ccccc3C(=O)O)cc2)c1.Cc1ccc(S(=O)(=O)Nc2ccc(CCc3ccccc3C(=O)O)cc2)c(C)c1.O=C(O)c1ccccc1CCc1ccc(NS(=O)(=O)c2ccccc2F)cc1. The van der Waals surface area contributed by atoms with Crippen molar-refractivity contribution in [1.82, 2.24) is 0 Å². The highest BCUT2D eigenvalue weighted by Gasteiger charge is 2.23. The molecule has 0 fully saturated rings. The number of aromatic carboxylic acids is 3. The van der Waals surface area contributed by atoms with E-state index in [1.165, 1.54) is 44.6 Å². The molecule has 17 nitrogen and oxygen atoms in total. The van der Waals surface area contributed by atoms with Gasteiger partial charge in [0.05, 0.1) is 35.8 Å². The van der Waals surface area contributed by atoms with E-state index in [4.69, 9.17) is 9.47 Å². The van der Waals surface area contributed by atoms with Crippen molar-refractivity contribution in [3.8, 4) is 11.5 Å². The number of carboxylic acids is 3. The summed E-state index contributed by atoms with van der Waals surface area (Å²) in [6.07, 6.45) is 3.59. The van der Waals surface area contributed by atoms with Crippen molar-refractivity contribution < 1.29 is 68.8 Å². The lowest BCUT2D eigenvalue weighted by Crippen LogP contribution is -2.14. The van der Waals surface area contributed by atoms with Gasteiger partial charge in [-0.15, -0.1) is 0 Å². The van der Waals surface area contributed by atoms with Crippen LogP contribution in [-0.4, -0.2) is 72.7 Å². The third-order valence-electron chi connectivity index (χ3n) is 13.8. The van der Waals surface area contributed by atoms with Gasteiger partial charge in [0.25, 0.3) is 30.1 Å². The number of hydrogen-bond acceptors (Lipinski definition) is 11. The molecule has 9 rings (SSSR count). The fourth-order valence-electron chi connectivity index (χ4n) is 9.28. The highest BCUT2D eigenvalue weighted by molar-refractivity contribution is 7.93. The number of methoxy groups -OCH3 is 2. The zero-order valence-corrected chi connectivity index (χ0v) is 50.8. The van der Waals surface area contributed by atoms with Crippen molar-refractivity contribution >= 4 is 65.0 Å². The van der Waals surface area contributed by atoms with Crippen LogP contribution in [0.25, 0.3) is 0 Å². The number of aryl methyl sites for hydroxylation is 8. The monoisotopic (exact) mass is 1250 g/mol. The molecule has 0 atom stereocenters. The van der Waals surface area contributed by atoms with Crippen molar-refractivity contribution in [2.75, 3.05) is 28.4 Å². The molecule has 456 valence electrons. The van der Waals surface area contributed by atoms with Crippen LogP contribution in [0.3, 0.4) is 0 Å². The lowest BCUT2D eigenvalue weighted by atomic mass is 10.00. The number of nitrogens with one attached hydrogen (secondary N) is 3. The molecule has 0 amide bonds. The Morgan fingerprint density at radius 3 is 1.12 bits per heavy atom. The zero-order chi connectivity index (χ0) is 63.6. The molecule has 0 aliphatic rings. The summed E-state index contributed by atoms with van der Waals surface area (Å²) in [6, 6.07) is 56.4. The summed E-state index contributed by atoms with van der Waals surface area (Å²) in [5, 5.41) is 27.8. The van der Waals surface area contributed by atoms with E-state index in [0.29, 0.717) is 78.0 Å². The first-order valence-corrected chi connectivity index (χ1v) is 31.7. The van der Waals surface area contributed by atoms with Gasteiger partial charge in [-0.2, -0.15) is 0 Å². The standard InChI is InChI=1S/C23H23NO6S.C23H23NO4S.C21H18FNO4S/c1-29-19-13-14-21(30-2)22(15-19)31(27,28)24-18-11-8-16(9-12-18)7-10-17-5-3-4-6-20(17)23(25)26;1-16-7-14-22(17(2)15-16)29(27,28)24-20-12-9-18(10-13-20)8-11-19-5-3-4-6-21(19)23(25)26;22-19-7-3-4-8-20(19)28(26,27)23-17-13-10-15(11-14-17)9-12-16-5-1-2-6-18(16)21(24)25/h3-6,8-9,11-15,24H,7,10H2,1-2H3,(H,25,26);3-7,9-10,12-15,24H,8,11H2,1-2H3,(H,25,26);1-8,10-11,13-14,23H,9,12H2,(H,24,25). The van der Waals surface area contributed by atoms with E-state index < -0.39 is 58.7 Å². The zero-order valence-electron chi connectivity index (χ0n) is 48.3. The summed E-state index contributed by atoms with van der Waals surface area (Å²) in [7, 11) is -8.71. The van der Waals surface area contributed by atoms with E-state index in [1.807, 2.05) is 55.5 Å². The fraction of sp³-hybridized carbons (Fsp3) is 0.149. The van der Waals surface area contributed by atoms with E-state index >= 15 is 0 Å². The molecule has 0 aromatic heterocycles. The van der Waals surface area contributed by atoms with Crippen LogP contribution in [0.1, 0.15) is 75.6 Å². The average Bonchev–Trinajstić information content (AvgIpc) is 2.96. The summed E-state index contributed by atoms with van der Waals surface area (Å²) in [6.45, 7) is 3.70. The molecule has 0 radical (unpaired) electrons. The molecule has 6 N–H and O–H groups in total. The highest BCUT2D eigenvalue weighted by Crippen LogP contribution is 2.31. The van der Waals surface area contributed by atoms with Crippen LogP contribution in [-0.2, 0) is 68.6 Å². The van der Waals surface area contributed by atoms with Crippen LogP contribution in [0.15, 0.2) is 221 Å². The third-order valence-corrected chi connectivity index (χ3v) is 18.2. The van der Waals surface area contributed by atoms with E-state index in [9.17, 15) is 59.3 Å². The van der Waals surface area contributed by atoms with Gasteiger partial charge in [0.1, 0.15) is 27.1 Å². The Morgan fingerprint density at radius 1 is 0.398 bits per heavy atom. The predicted molar refractivity (Wildman–Crippen MR) is 336 cm³/mol. The molecule has 0 aliphatic carbocycles. The number of rotatable bonds is 23. The van der Waals surface area contributed by atoms with Crippen LogP contribution in [0.2, 0.25) is 0 Å². The number of ether oxygens (including phenoxy) is 2. The smallest absolute Gasteiger partial charge is 0.335 e. The van der Waals surface area contributed by atoms with Gasteiger partial charge in [-0.25, -0.2) is 44.0 Å². The summed E-state index contributed by atoms with van der Waals surface area (Å²) in [4.78, 5) is 33.7. The quantitative estimate of drug-likeness (QED) is 0.0348. The minimum atomic E-state index is -4.02. The Balaban J connectivity index is 0.000000189. The molecule has 0 heterocycles. The summed E-state index contributed by atoms with van der Waals surface area (Å²) >= 11 is 0. The van der Waals surface area contributed by atoms with E-state index in [1.54, 1.807) is 128 Å². The second-order valence-electron chi connectivity index (χ2n) is 20.0. The topological polar surface area (TPSA) is 269 Å². The number of benzene rings is 9. The van der Waals surface area contributed by atoms with E-state index in [-0.39, 0.29) is 21.1 Å². The van der Waals surface area contributed by atoms with E-state index in [0.717, 1.165) is 45.0 Å². The molecular formula is C67H64FN3O14S3. The Kier molecular flexibility index (Phi) is 22.4. The highest BCUT2D eigenvalue weighted by atomic mass is 32.2. The van der Waals surface area contributed by atoms with Crippen LogP contribution in [0.4, 0.5) is 21.5 Å². The molecule has 0 saturated heterocycles. The molecule has 0 unspecified atom stereocenters. The Bertz CT molecular complexity index is 4280. The molecular weight excluding hydrogens is 1190 g/mol. The second-order valence-corrected chi connectivity index (χ2v) is 25.0.